The normalized spacial score (nSPS) is 18.0. The Morgan fingerprint density at radius 3 is 2.93 bits per heavy atom. The summed E-state index contributed by atoms with van der Waals surface area (Å²) in [4.78, 5) is 14.1. The van der Waals surface area contributed by atoms with Crippen molar-refractivity contribution in [3.05, 3.63) is 34.1 Å². The molecule has 0 aliphatic carbocycles. The largest absolute Gasteiger partial charge is 0.419 e. The average Bonchev–Trinajstić information content (AvgIpc) is 3.08. The molecule has 0 saturated carbocycles. The van der Waals surface area contributed by atoms with Gasteiger partial charge in [-0.3, -0.25) is 9.69 Å². The molecule has 1 aromatic heterocycles. The van der Waals surface area contributed by atoms with Gasteiger partial charge in [-0.15, -0.1) is 10.2 Å². The fourth-order valence-corrected chi connectivity index (χ4v) is 3.68. The Labute approximate surface area is 169 Å². The lowest BCUT2D eigenvalue weighted by atomic mass is 9.98. The summed E-state index contributed by atoms with van der Waals surface area (Å²) >= 11 is 12.1. The first kappa shape index (κ1) is 20.1. The van der Waals surface area contributed by atoms with E-state index in [1.54, 1.807) is 18.2 Å². The molecule has 2 aromatic rings. The molecule has 0 bridgehead atoms. The molecule has 1 amide bonds. The molecule has 1 fully saturated rings. The smallest absolute Gasteiger partial charge is 0.249 e. The van der Waals surface area contributed by atoms with E-state index in [1.807, 2.05) is 13.8 Å². The molecule has 3 rings (SSSR count). The summed E-state index contributed by atoms with van der Waals surface area (Å²) in [6.07, 6.45) is 2.20. The predicted molar refractivity (Wildman–Crippen MR) is 106 cm³/mol. The minimum atomic E-state index is 0.0150. The van der Waals surface area contributed by atoms with Gasteiger partial charge in [-0.25, -0.2) is 0 Å². The molecule has 1 N–H and O–H groups in total. The molecule has 2 heterocycles. The second-order valence-electron chi connectivity index (χ2n) is 7.27. The number of hydrogen-bond donors (Lipinski definition) is 1. The average molecular weight is 411 g/mol. The number of benzene rings is 1. The number of carbonyl (C=O) groups excluding carboxylic acids is 1. The van der Waals surface area contributed by atoms with Gasteiger partial charge in [0.2, 0.25) is 17.7 Å². The van der Waals surface area contributed by atoms with Crippen molar-refractivity contribution < 1.29 is 9.21 Å². The predicted octanol–water partition coefficient (Wildman–Crippen LogP) is 4.03. The number of rotatable bonds is 6. The van der Waals surface area contributed by atoms with E-state index in [0.717, 1.165) is 25.9 Å². The third kappa shape index (κ3) is 5.43. The summed E-state index contributed by atoms with van der Waals surface area (Å²) in [6, 6.07) is 5.17. The van der Waals surface area contributed by atoms with E-state index in [1.165, 1.54) is 0 Å². The second-order valence-corrected chi connectivity index (χ2v) is 8.11. The van der Waals surface area contributed by atoms with Crippen LogP contribution in [0.3, 0.4) is 0 Å². The molecule has 1 aliphatic rings. The molecule has 1 atom stereocenters. The van der Waals surface area contributed by atoms with Gasteiger partial charge in [0, 0.05) is 24.0 Å². The zero-order valence-electron chi connectivity index (χ0n) is 15.5. The van der Waals surface area contributed by atoms with Gasteiger partial charge in [-0.2, -0.15) is 0 Å². The Bertz CT molecular complexity index is 794. The van der Waals surface area contributed by atoms with Gasteiger partial charge >= 0.3 is 0 Å². The number of nitrogens with one attached hydrogen (secondary N) is 1. The van der Waals surface area contributed by atoms with Crippen molar-refractivity contribution in [3.63, 3.8) is 0 Å². The highest BCUT2D eigenvalue weighted by molar-refractivity contribution is 6.36. The summed E-state index contributed by atoms with van der Waals surface area (Å²) in [5, 5.41) is 12.3. The standard InChI is InChI=1S/C19H24Cl2N4O2/c1-12(2)18(26)22-9-13-4-3-7-25(10-13)11-17-23-24-19(27-17)15-6-5-14(20)8-16(15)21/h5-6,8,12-13H,3-4,7,9-11H2,1-2H3,(H,22,26)/t13-/m0/s1. The lowest BCUT2D eigenvalue weighted by Crippen LogP contribution is -2.41. The van der Waals surface area contributed by atoms with E-state index < -0.39 is 0 Å². The van der Waals surface area contributed by atoms with Crippen molar-refractivity contribution in [2.75, 3.05) is 19.6 Å². The molecular weight excluding hydrogens is 387 g/mol. The zero-order valence-corrected chi connectivity index (χ0v) is 17.1. The third-order valence-corrected chi connectivity index (χ3v) is 5.23. The van der Waals surface area contributed by atoms with Gasteiger partial charge < -0.3 is 9.73 Å². The highest BCUT2D eigenvalue weighted by Crippen LogP contribution is 2.29. The van der Waals surface area contributed by atoms with Gasteiger partial charge in [0.1, 0.15) is 0 Å². The molecule has 27 heavy (non-hydrogen) atoms. The first-order chi connectivity index (χ1) is 12.9. The second kappa shape index (κ2) is 9.04. The maximum Gasteiger partial charge on any atom is 0.249 e. The van der Waals surface area contributed by atoms with E-state index in [0.29, 0.717) is 46.4 Å². The third-order valence-electron chi connectivity index (χ3n) is 4.68. The quantitative estimate of drug-likeness (QED) is 0.777. The van der Waals surface area contributed by atoms with Crippen molar-refractivity contribution in [1.82, 2.24) is 20.4 Å². The first-order valence-electron chi connectivity index (χ1n) is 9.20. The van der Waals surface area contributed by atoms with Crippen LogP contribution in [-0.2, 0) is 11.3 Å². The number of aromatic nitrogens is 2. The zero-order chi connectivity index (χ0) is 19.4. The van der Waals surface area contributed by atoms with E-state index in [2.05, 4.69) is 20.4 Å². The molecule has 1 aromatic carbocycles. The SMILES string of the molecule is CC(C)C(=O)NC[C@@H]1CCCN(Cc2nnc(-c3ccc(Cl)cc3Cl)o2)C1. The van der Waals surface area contributed by atoms with Crippen LogP contribution < -0.4 is 5.32 Å². The van der Waals surface area contributed by atoms with Gasteiger partial charge in [0.05, 0.1) is 17.1 Å². The van der Waals surface area contributed by atoms with Crippen LogP contribution in [0.1, 0.15) is 32.6 Å². The number of amides is 1. The van der Waals surface area contributed by atoms with E-state index >= 15 is 0 Å². The molecule has 0 unspecified atom stereocenters. The van der Waals surface area contributed by atoms with Crippen molar-refractivity contribution in [3.8, 4) is 11.5 Å². The minimum Gasteiger partial charge on any atom is -0.419 e. The Kier molecular flexibility index (Phi) is 6.73. The number of hydrogen-bond acceptors (Lipinski definition) is 5. The van der Waals surface area contributed by atoms with Crippen LogP contribution >= 0.6 is 23.2 Å². The Morgan fingerprint density at radius 1 is 1.37 bits per heavy atom. The van der Waals surface area contributed by atoms with Crippen LogP contribution in [0.5, 0.6) is 0 Å². The van der Waals surface area contributed by atoms with Gasteiger partial charge in [0.15, 0.2) is 0 Å². The molecule has 8 heteroatoms. The lowest BCUT2D eigenvalue weighted by molar-refractivity contribution is -0.124. The van der Waals surface area contributed by atoms with Crippen LogP contribution in [0.2, 0.25) is 10.0 Å². The highest BCUT2D eigenvalue weighted by Gasteiger charge is 2.23. The summed E-state index contributed by atoms with van der Waals surface area (Å²) in [7, 11) is 0. The van der Waals surface area contributed by atoms with E-state index in [4.69, 9.17) is 27.6 Å². The van der Waals surface area contributed by atoms with Gasteiger partial charge in [-0.05, 0) is 43.5 Å². The van der Waals surface area contributed by atoms with E-state index in [-0.39, 0.29) is 11.8 Å². The Balaban J connectivity index is 1.57. The van der Waals surface area contributed by atoms with Crippen molar-refractivity contribution >= 4 is 29.1 Å². The lowest BCUT2D eigenvalue weighted by Gasteiger charge is -2.31. The molecule has 0 radical (unpaired) electrons. The molecule has 1 aliphatic heterocycles. The summed E-state index contributed by atoms with van der Waals surface area (Å²) in [6.45, 7) is 6.99. The molecule has 0 spiro atoms. The van der Waals surface area contributed by atoms with Crippen LogP contribution in [0.4, 0.5) is 0 Å². The van der Waals surface area contributed by atoms with Crippen LogP contribution in [-0.4, -0.2) is 40.6 Å². The van der Waals surface area contributed by atoms with Crippen molar-refractivity contribution in [2.45, 2.75) is 33.2 Å². The highest BCUT2D eigenvalue weighted by atomic mass is 35.5. The molecular formula is C19H24Cl2N4O2. The Hall–Kier alpha value is -1.63. The molecule has 1 saturated heterocycles. The maximum absolute atomic E-state index is 11.8. The number of carbonyl (C=O) groups is 1. The van der Waals surface area contributed by atoms with Gasteiger partial charge in [-0.1, -0.05) is 37.0 Å². The van der Waals surface area contributed by atoms with Gasteiger partial charge in [0.25, 0.3) is 0 Å². The van der Waals surface area contributed by atoms with E-state index in [9.17, 15) is 4.79 Å². The Morgan fingerprint density at radius 2 is 2.19 bits per heavy atom. The molecule has 146 valence electrons. The number of halogens is 2. The summed E-state index contributed by atoms with van der Waals surface area (Å²) in [5.41, 5.74) is 0.674. The van der Waals surface area contributed by atoms with Crippen molar-refractivity contribution in [1.29, 1.82) is 0 Å². The number of nitrogens with zero attached hydrogens (tertiary/aromatic N) is 3. The van der Waals surface area contributed by atoms with Crippen LogP contribution in [0, 0.1) is 11.8 Å². The number of likely N-dealkylation sites (tertiary alicyclic amines) is 1. The minimum absolute atomic E-state index is 0.0150. The van der Waals surface area contributed by atoms with Crippen molar-refractivity contribution in [2.24, 2.45) is 11.8 Å². The van der Waals surface area contributed by atoms with Crippen LogP contribution in [0.25, 0.3) is 11.5 Å². The maximum atomic E-state index is 11.8. The summed E-state index contributed by atoms with van der Waals surface area (Å²) in [5.74, 6) is 1.51. The first-order valence-corrected chi connectivity index (χ1v) is 9.96. The molecule has 6 nitrogen and oxygen atoms in total. The topological polar surface area (TPSA) is 71.3 Å². The monoisotopic (exact) mass is 410 g/mol. The number of piperidine rings is 1. The summed E-state index contributed by atoms with van der Waals surface area (Å²) < 4.78 is 5.80. The fourth-order valence-electron chi connectivity index (χ4n) is 3.19. The van der Waals surface area contributed by atoms with Crippen LogP contribution in [0.15, 0.2) is 22.6 Å². The fraction of sp³-hybridized carbons (Fsp3) is 0.526.